The van der Waals surface area contributed by atoms with Crippen LogP contribution in [0.25, 0.3) is 0 Å². The van der Waals surface area contributed by atoms with E-state index in [4.69, 9.17) is 5.73 Å². The van der Waals surface area contributed by atoms with Crippen LogP contribution in [0.15, 0.2) is 23.1 Å². The fourth-order valence-electron chi connectivity index (χ4n) is 2.02. The molecule has 1 fully saturated rings. The van der Waals surface area contributed by atoms with Gasteiger partial charge in [0.15, 0.2) is 0 Å². The Morgan fingerprint density at radius 3 is 2.50 bits per heavy atom. The number of nitrogens with two attached hydrogens (primary N) is 1. The van der Waals surface area contributed by atoms with E-state index in [9.17, 15) is 12.8 Å². The highest BCUT2D eigenvalue weighted by atomic mass is 32.2. The van der Waals surface area contributed by atoms with Gasteiger partial charge < -0.3 is 5.73 Å². The molecule has 0 amide bonds. The summed E-state index contributed by atoms with van der Waals surface area (Å²) in [6.45, 7) is 3.63. The minimum Gasteiger partial charge on any atom is -0.399 e. The van der Waals surface area contributed by atoms with Crippen LogP contribution in [0.2, 0.25) is 0 Å². The second kappa shape index (κ2) is 4.20. The molecule has 3 N–H and O–H groups in total. The Morgan fingerprint density at radius 1 is 1.39 bits per heavy atom. The molecule has 0 heterocycles. The molecule has 4 nitrogen and oxygen atoms in total. The largest absolute Gasteiger partial charge is 0.399 e. The molecule has 0 saturated heterocycles. The summed E-state index contributed by atoms with van der Waals surface area (Å²) in [6.07, 6.45) is 2.00. The summed E-state index contributed by atoms with van der Waals surface area (Å²) in [7, 11) is -3.85. The maximum Gasteiger partial charge on any atom is 0.243 e. The highest BCUT2D eigenvalue weighted by molar-refractivity contribution is 7.89. The molecule has 0 radical (unpaired) electrons. The van der Waals surface area contributed by atoms with Crippen LogP contribution in [0.4, 0.5) is 10.1 Å². The topological polar surface area (TPSA) is 72.2 Å². The summed E-state index contributed by atoms with van der Waals surface area (Å²) in [6, 6.07) is 3.58. The quantitative estimate of drug-likeness (QED) is 0.822. The van der Waals surface area contributed by atoms with Gasteiger partial charge in [0.05, 0.1) is 0 Å². The zero-order valence-corrected chi connectivity index (χ0v) is 11.2. The number of anilines is 1. The van der Waals surface area contributed by atoms with E-state index >= 15 is 0 Å². The fourth-order valence-corrected chi connectivity index (χ4v) is 3.56. The summed E-state index contributed by atoms with van der Waals surface area (Å²) >= 11 is 0. The third-order valence-electron chi connectivity index (χ3n) is 3.24. The Bertz CT molecular complexity index is 565. The molecule has 0 atom stereocenters. The number of nitrogen functional groups attached to an aromatic ring is 1. The van der Waals surface area contributed by atoms with E-state index in [2.05, 4.69) is 4.72 Å². The number of rotatable bonds is 4. The SMILES string of the molecule is CC(C)(NS(=O)(=O)c1ccc(N)cc1F)C1CC1. The molecule has 1 aliphatic carbocycles. The van der Waals surface area contributed by atoms with Gasteiger partial charge in [-0.1, -0.05) is 0 Å². The van der Waals surface area contributed by atoms with Crippen LogP contribution < -0.4 is 10.5 Å². The Labute approximate surface area is 106 Å². The molecule has 0 aromatic heterocycles. The van der Waals surface area contributed by atoms with Gasteiger partial charge in [0, 0.05) is 11.2 Å². The van der Waals surface area contributed by atoms with Crippen LogP contribution in [0.5, 0.6) is 0 Å². The van der Waals surface area contributed by atoms with Crippen molar-refractivity contribution in [3.63, 3.8) is 0 Å². The van der Waals surface area contributed by atoms with Crippen LogP contribution in [0.1, 0.15) is 26.7 Å². The molecule has 6 heteroatoms. The predicted molar refractivity (Wildman–Crippen MR) is 67.9 cm³/mol. The average Bonchev–Trinajstić information content (AvgIpc) is 2.97. The van der Waals surface area contributed by atoms with Crippen molar-refractivity contribution < 1.29 is 12.8 Å². The lowest BCUT2D eigenvalue weighted by atomic mass is 10.0. The van der Waals surface area contributed by atoms with E-state index in [-0.39, 0.29) is 10.6 Å². The second-order valence-corrected chi connectivity index (χ2v) is 6.94. The zero-order chi connectivity index (χ0) is 13.6. The molecule has 18 heavy (non-hydrogen) atoms. The van der Waals surface area contributed by atoms with Crippen molar-refractivity contribution in [2.45, 2.75) is 37.1 Å². The van der Waals surface area contributed by atoms with Gasteiger partial charge >= 0.3 is 0 Å². The lowest BCUT2D eigenvalue weighted by molar-refractivity contribution is 0.399. The normalized spacial score (nSPS) is 16.8. The molecule has 1 aromatic carbocycles. The van der Waals surface area contributed by atoms with Crippen LogP contribution >= 0.6 is 0 Å². The molecule has 2 rings (SSSR count). The molecule has 1 aliphatic rings. The van der Waals surface area contributed by atoms with Gasteiger partial charge in [-0.05, 0) is 50.8 Å². The van der Waals surface area contributed by atoms with E-state index in [1.807, 2.05) is 13.8 Å². The summed E-state index contributed by atoms with van der Waals surface area (Å²) in [5, 5.41) is 0. The summed E-state index contributed by atoms with van der Waals surface area (Å²) in [5.74, 6) is -0.502. The van der Waals surface area contributed by atoms with Crippen LogP contribution in [0, 0.1) is 11.7 Å². The first-order valence-electron chi connectivity index (χ1n) is 5.81. The molecule has 0 unspecified atom stereocenters. The molecule has 0 spiro atoms. The highest BCUT2D eigenvalue weighted by Crippen LogP contribution is 2.40. The lowest BCUT2D eigenvalue weighted by Crippen LogP contribution is -2.45. The zero-order valence-electron chi connectivity index (χ0n) is 10.4. The molecule has 0 aliphatic heterocycles. The third-order valence-corrected chi connectivity index (χ3v) is 4.95. The van der Waals surface area contributed by atoms with Gasteiger partial charge in [0.25, 0.3) is 0 Å². The third kappa shape index (κ3) is 2.64. The van der Waals surface area contributed by atoms with E-state index in [0.717, 1.165) is 18.9 Å². The monoisotopic (exact) mass is 272 g/mol. The number of hydrogen-bond acceptors (Lipinski definition) is 3. The second-order valence-electron chi connectivity index (χ2n) is 5.29. The number of benzene rings is 1. The summed E-state index contributed by atoms with van der Waals surface area (Å²) < 4.78 is 40.4. The fraction of sp³-hybridized carbons (Fsp3) is 0.500. The first-order valence-corrected chi connectivity index (χ1v) is 7.30. The molecule has 1 aromatic rings. The van der Waals surface area contributed by atoms with Crippen molar-refractivity contribution in [2.24, 2.45) is 5.92 Å². The van der Waals surface area contributed by atoms with Gasteiger partial charge in [0.2, 0.25) is 10.0 Å². The van der Waals surface area contributed by atoms with Crippen molar-refractivity contribution in [1.29, 1.82) is 0 Å². The Hall–Kier alpha value is -1.14. The van der Waals surface area contributed by atoms with E-state index < -0.39 is 21.4 Å². The molecule has 0 bridgehead atoms. The maximum atomic E-state index is 13.6. The van der Waals surface area contributed by atoms with Crippen molar-refractivity contribution in [3.8, 4) is 0 Å². The van der Waals surface area contributed by atoms with Crippen molar-refractivity contribution in [2.75, 3.05) is 5.73 Å². The van der Waals surface area contributed by atoms with Crippen molar-refractivity contribution in [3.05, 3.63) is 24.0 Å². The smallest absolute Gasteiger partial charge is 0.243 e. The first kappa shape index (κ1) is 13.3. The predicted octanol–water partition coefficient (Wildman–Crippen LogP) is 1.87. The van der Waals surface area contributed by atoms with Gasteiger partial charge in [-0.2, -0.15) is 0 Å². The molecular formula is C12H17FN2O2S. The molecule has 1 saturated carbocycles. The maximum absolute atomic E-state index is 13.6. The van der Waals surface area contributed by atoms with Gasteiger partial charge in [-0.15, -0.1) is 0 Å². The minimum absolute atomic E-state index is 0.202. The van der Waals surface area contributed by atoms with Crippen LogP contribution in [-0.2, 0) is 10.0 Å². The summed E-state index contributed by atoms with van der Waals surface area (Å²) in [4.78, 5) is -0.356. The van der Waals surface area contributed by atoms with Gasteiger partial charge in [-0.3, -0.25) is 0 Å². The van der Waals surface area contributed by atoms with Crippen LogP contribution in [0.3, 0.4) is 0 Å². The van der Waals surface area contributed by atoms with Crippen LogP contribution in [-0.4, -0.2) is 14.0 Å². The van der Waals surface area contributed by atoms with Crippen molar-refractivity contribution in [1.82, 2.24) is 4.72 Å². The number of sulfonamides is 1. The van der Waals surface area contributed by atoms with E-state index in [1.165, 1.54) is 12.1 Å². The number of nitrogens with one attached hydrogen (secondary N) is 1. The minimum atomic E-state index is -3.85. The lowest BCUT2D eigenvalue weighted by Gasteiger charge is -2.25. The highest BCUT2D eigenvalue weighted by Gasteiger charge is 2.41. The Morgan fingerprint density at radius 2 is 2.00 bits per heavy atom. The van der Waals surface area contributed by atoms with Gasteiger partial charge in [0.1, 0.15) is 10.7 Å². The number of hydrogen-bond donors (Lipinski definition) is 2. The Balaban J connectivity index is 2.30. The Kier molecular flexibility index (Phi) is 3.11. The molecule has 100 valence electrons. The van der Waals surface area contributed by atoms with E-state index in [1.54, 1.807) is 0 Å². The van der Waals surface area contributed by atoms with Gasteiger partial charge in [-0.25, -0.2) is 17.5 Å². The van der Waals surface area contributed by atoms with E-state index in [0.29, 0.717) is 5.92 Å². The standard InChI is InChI=1S/C12H17FN2O2S/c1-12(2,8-3-4-8)15-18(16,17)11-6-5-9(14)7-10(11)13/h5-8,15H,3-4,14H2,1-2H3. The average molecular weight is 272 g/mol. The first-order chi connectivity index (χ1) is 8.22. The van der Waals surface area contributed by atoms with Crippen molar-refractivity contribution >= 4 is 15.7 Å². The summed E-state index contributed by atoms with van der Waals surface area (Å²) in [5.41, 5.74) is 5.05. The molecular weight excluding hydrogens is 255 g/mol. The number of halogens is 1.